The van der Waals surface area contributed by atoms with E-state index in [1.807, 2.05) is 54.6 Å². The van der Waals surface area contributed by atoms with Crippen LogP contribution in [0, 0.1) is 0 Å². The van der Waals surface area contributed by atoms with Crippen molar-refractivity contribution < 1.29 is 4.79 Å². The highest BCUT2D eigenvalue weighted by atomic mass is 32.2. The molecule has 0 aliphatic carbocycles. The van der Waals surface area contributed by atoms with E-state index >= 15 is 0 Å². The van der Waals surface area contributed by atoms with Crippen LogP contribution in [-0.4, -0.2) is 21.4 Å². The molecule has 0 aromatic heterocycles. The average molecular weight is 541 g/mol. The van der Waals surface area contributed by atoms with Crippen molar-refractivity contribution in [1.29, 1.82) is 0 Å². The highest BCUT2D eigenvalue weighted by Crippen LogP contribution is 2.49. The van der Waals surface area contributed by atoms with Crippen LogP contribution >= 0.6 is 18.6 Å². The van der Waals surface area contributed by atoms with Gasteiger partial charge in [-0.05, 0) is 39.8 Å². The summed E-state index contributed by atoms with van der Waals surface area (Å²) in [4.78, 5) is 23.6. The van der Waals surface area contributed by atoms with Gasteiger partial charge in [0, 0.05) is 18.0 Å². The number of hydrogen-bond donors (Lipinski definition) is 0. The molecule has 0 saturated carbocycles. The van der Waals surface area contributed by atoms with E-state index in [2.05, 4.69) is 84.9 Å². The maximum Gasteiger partial charge on any atom is 0.278 e. The smallest absolute Gasteiger partial charge is 0.267 e. The summed E-state index contributed by atoms with van der Waals surface area (Å²) in [5.74, 6) is -0.271. The molecule has 5 heteroatoms. The maximum absolute atomic E-state index is 13.5. The number of carbonyl (C=O) groups is 1. The minimum Gasteiger partial charge on any atom is -0.267 e. The lowest BCUT2D eigenvalue weighted by Gasteiger charge is -2.30. The molecular weight excluding hydrogens is 515 g/mol. The van der Waals surface area contributed by atoms with Gasteiger partial charge in [0.15, 0.2) is 0 Å². The zero-order valence-electron chi connectivity index (χ0n) is 21.1. The highest BCUT2D eigenvalue weighted by molar-refractivity contribution is 8.30. The van der Waals surface area contributed by atoms with E-state index < -0.39 is 6.89 Å². The molecular formula is C34H25N2OPS. The van der Waals surface area contributed by atoms with Crippen LogP contribution in [0.1, 0.15) is 15.9 Å². The van der Waals surface area contributed by atoms with Gasteiger partial charge in [0.2, 0.25) is 0 Å². The van der Waals surface area contributed by atoms with Gasteiger partial charge in [-0.3, -0.25) is 4.79 Å². The molecule has 0 atom stereocenters. The number of hydrogen-bond acceptors (Lipinski definition) is 2. The van der Waals surface area contributed by atoms with Gasteiger partial charge >= 0.3 is 0 Å². The van der Waals surface area contributed by atoms with Crippen LogP contribution in [-0.2, 0) is 0 Å². The van der Waals surface area contributed by atoms with Gasteiger partial charge in [-0.1, -0.05) is 140 Å². The SMILES string of the molecule is O=C(N=C1SC(c2ccccc2)=NC1=P(c1ccccc1)(c1ccccc1)c1ccccc1)c1ccccc1. The molecule has 1 aliphatic heterocycles. The minimum absolute atomic E-state index is 0.271. The normalized spacial score (nSPS) is 14.3. The molecule has 6 rings (SSSR count). The fourth-order valence-electron chi connectivity index (χ4n) is 4.81. The summed E-state index contributed by atoms with van der Waals surface area (Å²) in [7, 11) is 0. The maximum atomic E-state index is 13.5. The first-order valence-corrected chi connectivity index (χ1v) is 15.3. The van der Waals surface area contributed by atoms with E-state index in [4.69, 9.17) is 9.98 Å². The van der Waals surface area contributed by atoms with Crippen LogP contribution in [0.2, 0.25) is 0 Å². The Hall–Kier alpha value is -4.24. The summed E-state index contributed by atoms with van der Waals surface area (Å²) < 4.78 is 0. The lowest BCUT2D eigenvalue weighted by Crippen LogP contribution is -2.31. The predicted octanol–water partition coefficient (Wildman–Crippen LogP) is 6.54. The third-order valence-electron chi connectivity index (χ3n) is 6.58. The van der Waals surface area contributed by atoms with Gasteiger partial charge in [-0.15, -0.1) is 0 Å². The van der Waals surface area contributed by atoms with Crippen molar-refractivity contribution in [3.05, 3.63) is 163 Å². The summed E-state index contributed by atoms with van der Waals surface area (Å²) in [6, 6.07) is 51.0. The van der Waals surface area contributed by atoms with Gasteiger partial charge < -0.3 is 0 Å². The van der Waals surface area contributed by atoms with Crippen molar-refractivity contribution in [3.8, 4) is 0 Å². The van der Waals surface area contributed by atoms with Crippen LogP contribution in [0.5, 0.6) is 0 Å². The number of benzene rings is 5. The number of rotatable bonds is 5. The number of carbonyl (C=O) groups excluding carboxylic acids is 1. The third kappa shape index (κ3) is 4.85. The topological polar surface area (TPSA) is 41.8 Å². The number of thioether (sulfide) groups is 1. The van der Waals surface area contributed by atoms with Gasteiger partial charge in [0.05, 0.1) is 0 Å². The summed E-state index contributed by atoms with van der Waals surface area (Å²) in [6.45, 7) is -2.54. The van der Waals surface area contributed by atoms with Gasteiger partial charge in [0.25, 0.3) is 5.91 Å². The van der Waals surface area contributed by atoms with E-state index in [-0.39, 0.29) is 5.91 Å². The van der Waals surface area contributed by atoms with Crippen molar-refractivity contribution in [3.63, 3.8) is 0 Å². The molecule has 3 nitrogen and oxygen atoms in total. The lowest BCUT2D eigenvalue weighted by molar-refractivity contribution is 0.100. The Balaban J connectivity index is 1.75. The van der Waals surface area contributed by atoms with Crippen LogP contribution in [0.25, 0.3) is 0 Å². The summed E-state index contributed by atoms with van der Waals surface area (Å²) in [5.41, 5.74) is 2.41. The van der Waals surface area contributed by atoms with E-state index in [1.165, 1.54) is 11.8 Å². The Labute approximate surface area is 233 Å². The highest BCUT2D eigenvalue weighted by Gasteiger charge is 2.36. The number of nitrogens with zero attached hydrogens (tertiary/aromatic N) is 2. The molecule has 1 heterocycles. The molecule has 0 radical (unpaired) electrons. The third-order valence-corrected chi connectivity index (χ3v) is 11.9. The van der Waals surface area contributed by atoms with Crippen LogP contribution in [0.3, 0.4) is 0 Å². The fraction of sp³-hybridized carbons (Fsp3) is 0. The molecule has 1 aliphatic rings. The zero-order valence-corrected chi connectivity index (χ0v) is 22.8. The number of amides is 1. The zero-order chi connectivity index (χ0) is 26.5. The van der Waals surface area contributed by atoms with Crippen molar-refractivity contribution in [1.82, 2.24) is 0 Å². The van der Waals surface area contributed by atoms with Gasteiger partial charge in [-0.25, -0.2) is 4.99 Å². The largest absolute Gasteiger partial charge is 0.278 e. The van der Waals surface area contributed by atoms with Crippen molar-refractivity contribution in [2.24, 2.45) is 9.98 Å². The van der Waals surface area contributed by atoms with Crippen LogP contribution in [0.15, 0.2) is 162 Å². The molecule has 39 heavy (non-hydrogen) atoms. The monoisotopic (exact) mass is 540 g/mol. The number of aliphatic imine (C=N–C) groups is 2. The molecule has 5 aromatic rings. The Bertz CT molecular complexity index is 1610. The molecule has 5 aromatic carbocycles. The fourth-order valence-corrected chi connectivity index (χ4v) is 10.3. The summed E-state index contributed by atoms with van der Waals surface area (Å²) in [6.07, 6.45) is 0. The molecule has 0 bridgehead atoms. The average Bonchev–Trinajstić information content (AvgIpc) is 3.44. The lowest BCUT2D eigenvalue weighted by atomic mass is 10.2. The molecule has 1 amide bonds. The molecule has 0 N–H and O–H groups in total. The first-order valence-electron chi connectivity index (χ1n) is 12.7. The van der Waals surface area contributed by atoms with Crippen molar-refractivity contribution in [2.75, 3.05) is 0 Å². The Morgan fingerprint density at radius 3 is 1.44 bits per heavy atom. The van der Waals surface area contributed by atoms with Gasteiger partial charge in [-0.2, -0.15) is 4.99 Å². The molecule has 0 saturated heterocycles. The van der Waals surface area contributed by atoms with E-state index in [0.717, 1.165) is 31.9 Å². The quantitative estimate of drug-likeness (QED) is 0.238. The second-order valence-corrected chi connectivity index (χ2v) is 13.3. The second kappa shape index (κ2) is 11.2. The molecule has 0 spiro atoms. The summed E-state index contributed by atoms with van der Waals surface area (Å²) >= 11 is 1.48. The second-order valence-electron chi connectivity index (χ2n) is 8.97. The first-order chi connectivity index (χ1) is 19.3. The first kappa shape index (κ1) is 25.1. The van der Waals surface area contributed by atoms with E-state index in [0.29, 0.717) is 10.6 Å². The Morgan fingerprint density at radius 2 is 0.974 bits per heavy atom. The van der Waals surface area contributed by atoms with E-state index in [1.54, 1.807) is 12.1 Å². The summed E-state index contributed by atoms with van der Waals surface area (Å²) in [5, 5.41) is 4.98. The minimum atomic E-state index is -2.54. The van der Waals surface area contributed by atoms with Crippen LogP contribution < -0.4 is 15.9 Å². The van der Waals surface area contributed by atoms with E-state index in [9.17, 15) is 4.79 Å². The van der Waals surface area contributed by atoms with Crippen LogP contribution in [0.4, 0.5) is 0 Å². The molecule has 0 fully saturated rings. The van der Waals surface area contributed by atoms with Crippen molar-refractivity contribution in [2.45, 2.75) is 0 Å². The molecule has 188 valence electrons. The Morgan fingerprint density at radius 1 is 0.564 bits per heavy atom. The van der Waals surface area contributed by atoms with Crippen molar-refractivity contribution >= 4 is 56.0 Å². The van der Waals surface area contributed by atoms with Gasteiger partial charge in [0.1, 0.15) is 15.5 Å². The predicted molar refractivity (Wildman–Crippen MR) is 169 cm³/mol. The molecule has 0 unspecified atom stereocenters. The Kier molecular flexibility index (Phi) is 7.23. The standard InChI is InChI=1S/C34H25N2OPS/c37-31(26-16-6-1-7-17-26)35-34-32(36-33(39-34)27-18-8-2-9-19-27)38(28-20-10-3-11-21-28,29-22-12-4-13-23-29)30-24-14-5-15-25-30/h1-25H.